The van der Waals surface area contributed by atoms with Gasteiger partial charge in [0.1, 0.15) is 12.3 Å². The van der Waals surface area contributed by atoms with Gasteiger partial charge in [0.25, 0.3) is 10.0 Å². The number of benzene rings is 3. The Morgan fingerprint density at radius 1 is 0.943 bits per heavy atom. The fourth-order valence-electron chi connectivity index (χ4n) is 3.87. The Hall–Kier alpha value is -3.32. The molecule has 1 atom stereocenters. The molecule has 0 saturated heterocycles. The van der Waals surface area contributed by atoms with Gasteiger partial charge in [0.05, 0.1) is 23.7 Å². The number of nitrogens with zero attached hydrogens (tertiary/aromatic N) is 1. The predicted molar refractivity (Wildman–Crippen MR) is 140 cm³/mol. The van der Waals surface area contributed by atoms with E-state index in [0.717, 1.165) is 22.4 Å². The number of sulfonamides is 1. The average molecular weight is 495 g/mol. The summed E-state index contributed by atoms with van der Waals surface area (Å²) in [5.41, 5.74) is 3.40. The van der Waals surface area contributed by atoms with Gasteiger partial charge in [-0.3, -0.25) is 9.10 Å². The van der Waals surface area contributed by atoms with Gasteiger partial charge in [-0.25, -0.2) is 8.42 Å². The number of nitrogens with one attached hydrogen (secondary N) is 1. The second-order valence-corrected chi connectivity index (χ2v) is 11.0. The maximum Gasteiger partial charge on any atom is 0.264 e. The quantitative estimate of drug-likeness (QED) is 0.409. The lowest BCUT2D eigenvalue weighted by atomic mass is 9.97. The summed E-state index contributed by atoms with van der Waals surface area (Å²) in [5.74, 6) is 0.689. The van der Waals surface area contributed by atoms with Crippen LogP contribution in [-0.2, 0) is 14.8 Å². The summed E-state index contributed by atoms with van der Waals surface area (Å²) in [6.07, 6.45) is 0.715. The molecule has 7 heteroatoms. The third-order valence-electron chi connectivity index (χ3n) is 5.96. The average Bonchev–Trinajstić information content (AvgIpc) is 2.84. The number of methoxy groups -OCH3 is 1. The lowest BCUT2D eigenvalue weighted by molar-refractivity contribution is -0.120. The minimum absolute atomic E-state index is 0.139. The van der Waals surface area contributed by atoms with Crippen molar-refractivity contribution < 1.29 is 17.9 Å². The summed E-state index contributed by atoms with van der Waals surface area (Å²) >= 11 is 0. The van der Waals surface area contributed by atoms with Crippen LogP contribution >= 0.6 is 0 Å². The number of aryl methyl sites for hydroxylation is 2. The molecule has 0 saturated carbocycles. The van der Waals surface area contributed by atoms with Crippen molar-refractivity contribution in [3.8, 4) is 5.75 Å². The van der Waals surface area contributed by atoms with Crippen LogP contribution in [0.2, 0.25) is 0 Å². The Kier molecular flexibility index (Phi) is 8.57. The lowest BCUT2D eigenvalue weighted by Gasteiger charge is -2.27. The molecule has 1 N–H and O–H groups in total. The van der Waals surface area contributed by atoms with Gasteiger partial charge in [-0.1, -0.05) is 50.2 Å². The molecule has 0 aromatic heterocycles. The molecule has 3 rings (SSSR count). The number of hydrogen-bond donors (Lipinski definition) is 1. The molecule has 0 bridgehead atoms. The van der Waals surface area contributed by atoms with Crippen molar-refractivity contribution in [2.75, 3.05) is 18.0 Å². The fraction of sp³-hybridized carbons (Fsp3) is 0.321. The van der Waals surface area contributed by atoms with E-state index < -0.39 is 10.0 Å². The van der Waals surface area contributed by atoms with Crippen molar-refractivity contribution in [3.63, 3.8) is 0 Å². The van der Waals surface area contributed by atoms with Crippen LogP contribution in [0.5, 0.6) is 5.75 Å². The summed E-state index contributed by atoms with van der Waals surface area (Å²) in [6.45, 7) is 7.74. The molecular formula is C28H34N2O4S. The van der Waals surface area contributed by atoms with E-state index >= 15 is 0 Å². The maximum atomic E-state index is 13.6. The largest absolute Gasteiger partial charge is 0.497 e. The van der Waals surface area contributed by atoms with Crippen molar-refractivity contribution in [2.45, 2.75) is 45.1 Å². The summed E-state index contributed by atoms with van der Waals surface area (Å²) < 4.78 is 33.6. The van der Waals surface area contributed by atoms with Gasteiger partial charge in [0, 0.05) is 0 Å². The van der Waals surface area contributed by atoms with Crippen molar-refractivity contribution >= 4 is 21.6 Å². The first-order valence-corrected chi connectivity index (χ1v) is 13.1. The summed E-state index contributed by atoms with van der Waals surface area (Å²) in [5, 5.41) is 3.07. The van der Waals surface area contributed by atoms with Gasteiger partial charge >= 0.3 is 0 Å². The molecule has 3 aromatic carbocycles. The predicted octanol–water partition coefficient (Wildman–Crippen LogP) is 5.41. The second-order valence-electron chi connectivity index (χ2n) is 9.12. The molecular weight excluding hydrogens is 460 g/mol. The van der Waals surface area contributed by atoms with Gasteiger partial charge in [-0.2, -0.15) is 0 Å². The Morgan fingerprint density at radius 2 is 1.60 bits per heavy atom. The molecule has 0 aliphatic heterocycles. The van der Waals surface area contributed by atoms with Gasteiger partial charge in [-0.05, 0) is 79.3 Å². The third-order valence-corrected chi connectivity index (χ3v) is 7.75. The van der Waals surface area contributed by atoms with Crippen LogP contribution in [0.15, 0.2) is 77.7 Å². The zero-order valence-corrected chi connectivity index (χ0v) is 21.8. The molecule has 6 nitrogen and oxygen atoms in total. The maximum absolute atomic E-state index is 13.6. The minimum atomic E-state index is -3.96. The molecule has 35 heavy (non-hydrogen) atoms. The Bertz CT molecular complexity index is 1240. The third kappa shape index (κ3) is 6.63. The van der Waals surface area contributed by atoms with Crippen LogP contribution in [0, 0.1) is 19.8 Å². The van der Waals surface area contributed by atoms with Gasteiger partial charge in [0.15, 0.2) is 0 Å². The molecule has 0 aliphatic rings. The van der Waals surface area contributed by atoms with E-state index in [0.29, 0.717) is 18.0 Å². The Labute approximate surface area is 209 Å². The number of carbonyl (C=O) groups is 1. The van der Waals surface area contributed by atoms with E-state index in [1.54, 1.807) is 49.6 Å². The molecule has 3 aromatic rings. The topological polar surface area (TPSA) is 75.7 Å². The molecule has 186 valence electrons. The van der Waals surface area contributed by atoms with E-state index in [2.05, 4.69) is 19.2 Å². The highest BCUT2D eigenvalue weighted by Crippen LogP contribution is 2.27. The molecule has 0 heterocycles. The molecule has 0 unspecified atom stereocenters. The van der Waals surface area contributed by atoms with E-state index in [1.807, 2.05) is 44.2 Å². The number of hydrogen-bond acceptors (Lipinski definition) is 4. The van der Waals surface area contributed by atoms with Crippen LogP contribution in [0.1, 0.15) is 43.0 Å². The highest BCUT2D eigenvalue weighted by molar-refractivity contribution is 7.92. The van der Waals surface area contributed by atoms with Crippen LogP contribution in [0.3, 0.4) is 0 Å². The minimum Gasteiger partial charge on any atom is -0.497 e. The normalized spacial score (nSPS) is 12.3. The van der Waals surface area contributed by atoms with Gasteiger partial charge in [-0.15, -0.1) is 0 Å². The van der Waals surface area contributed by atoms with Crippen LogP contribution < -0.4 is 14.4 Å². The summed E-state index contributed by atoms with van der Waals surface area (Å²) in [4.78, 5) is 13.4. The zero-order valence-electron chi connectivity index (χ0n) is 21.0. The summed E-state index contributed by atoms with van der Waals surface area (Å²) in [6, 6.07) is 20.9. The van der Waals surface area contributed by atoms with Crippen LogP contribution in [0.4, 0.5) is 5.69 Å². The highest BCUT2D eigenvalue weighted by atomic mass is 32.2. The first kappa shape index (κ1) is 26.3. The van der Waals surface area contributed by atoms with Crippen LogP contribution in [-0.4, -0.2) is 28.0 Å². The molecule has 0 spiro atoms. The zero-order chi connectivity index (χ0) is 25.6. The Balaban J connectivity index is 1.93. The van der Waals surface area contributed by atoms with Crippen LogP contribution in [0.25, 0.3) is 0 Å². The van der Waals surface area contributed by atoms with E-state index in [9.17, 15) is 13.2 Å². The first-order valence-electron chi connectivity index (χ1n) is 11.7. The summed E-state index contributed by atoms with van der Waals surface area (Å²) in [7, 11) is -2.35. The molecule has 0 radical (unpaired) electrons. The number of ether oxygens (including phenoxy) is 1. The number of anilines is 1. The van der Waals surface area contributed by atoms with Crippen molar-refractivity contribution in [1.29, 1.82) is 0 Å². The highest BCUT2D eigenvalue weighted by Gasteiger charge is 2.28. The van der Waals surface area contributed by atoms with Gasteiger partial charge in [0.2, 0.25) is 5.91 Å². The van der Waals surface area contributed by atoms with E-state index in [1.165, 1.54) is 4.31 Å². The number of carbonyl (C=O) groups excluding carboxylic acids is 1. The second kappa shape index (κ2) is 11.4. The molecule has 0 fully saturated rings. The Morgan fingerprint density at radius 3 is 2.17 bits per heavy atom. The number of amides is 1. The lowest BCUT2D eigenvalue weighted by Crippen LogP contribution is -2.42. The van der Waals surface area contributed by atoms with Gasteiger partial charge < -0.3 is 10.1 Å². The standard InChI is InChI=1S/C28H34N2O4S/c1-20(2)17-27(23-12-15-25(34-5)16-13-23)29-28(31)19-30(24-14-11-21(3)22(4)18-24)35(32,33)26-9-7-6-8-10-26/h6-16,18,20,27H,17,19H2,1-5H3,(H,29,31)/t27-/m1/s1. The smallest absolute Gasteiger partial charge is 0.264 e. The molecule has 1 amide bonds. The van der Waals surface area contributed by atoms with Crippen molar-refractivity contribution in [2.24, 2.45) is 5.92 Å². The first-order chi connectivity index (χ1) is 16.6. The monoisotopic (exact) mass is 494 g/mol. The van der Waals surface area contributed by atoms with Crippen molar-refractivity contribution in [1.82, 2.24) is 5.32 Å². The fourth-order valence-corrected chi connectivity index (χ4v) is 5.31. The SMILES string of the molecule is COc1ccc([C@@H](CC(C)C)NC(=O)CN(c2ccc(C)c(C)c2)S(=O)(=O)c2ccccc2)cc1. The number of rotatable bonds is 10. The van der Waals surface area contributed by atoms with E-state index in [-0.39, 0.29) is 23.4 Å². The van der Waals surface area contributed by atoms with E-state index in [4.69, 9.17) is 4.74 Å². The van der Waals surface area contributed by atoms with Crippen molar-refractivity contribution in [3.05, 3.63) is 89.5 Å². The molecule has 0 aliphatic carbocycles.